The Morgan fingerprint density at radius 3 is 2.62 bits per heavy atom. The van der Waals surface area contributed by atoms with E-state index >= 15 is 0 Å². The third-order valence-electron chi connectivity index (χ3n) is 6.76. The molecular formula is C26H26N4O3S. The smallest absolute Gasteiger partial charge is 0.226 e. The number of aryl methyl sites for hydroxylation is 1. The molecule has 174 valence electrons. The molecule has 1 aliphatic carbocycles. The predicted octanol–water partition coefficient (Wildman–Crippen LogP) is 5.59. The highest BCUT2D eigenvalue weighted by atomic mass is 32.1. The van der Waals surface area contributed by atoms with Gasteiger partial charge in [-0.05, 0) is 68.5 Å². The molecule has 8 heteroatoms. The molecule has 1 aliphatic heterocycles. The lowest BCUT2D eigenvalue weighted by molar-refractivity contribution is -0.116. The van der Waals surface area contributed by atoms with Gasteiger partial charge in [-0.15, -0.1) is 0 Å². The van der Waals surface area contributed by atoms with Crippen LogP contribution in [-0.2, 0) is 4.79 Å². The van der Waals surface area contributed by atoms with E-state index in [-0.39, 0.29) is 11.8 Å². The lowest BCUT2D eigenvalue weighted by atomic mass is 9.86. The molecule has 1 N–H and O–H groups in total. The van der Waals surface area contributed by atoms with Gasteiger partial charge in [0.05, 0.1) is 29.1 Å². The summed E-state index contributed by atoms with van der Waals surface area (Å²) in [5, 5.41) is 8.56. The highest BCUT2D eigenvalue weighted by molar-refractivity contribution is 7.20. The van der Waals surface area contributed by atoms with Gasteiger partial charge in [-0.2, -0.15) is 9.78 Å². The van der Waals surface area contributed by atoms with Crippen LogP contribution in [-0.4, -0.2) is 33.9 Å². The van der Waals surface area contributed by atoms with Gasteiger partial charge >= 0.3 is 0 Å². The molecule has 2 aliphatic rings. The minimum atomic E-state index is -0.0625. The lowest BCUT2D eigenvalue weighted by Gasteiger charge is -2.24. The van der Waals surface area contributed by atoms with Crippen LogP contribution >= 0.6 is 11.3 Å². The number of nitrogens with zero attached hydrogens (tertiary/aromatic N) is 3. The summed E-state index contributed by atoms with van der Waals surface area (Å²) in [7, 11) is 1.65. The van der Waals surface area contributed by atoms with Gasteiger partial charge in [-0.25, -0.2) is 4.98 Å². The Balaban J connectivity index is 1.35. The second kappa shape index (κ2) is 8.43. The van der Waals surface area contributed by atoms with Crippen LogP contribution in [0.2, 0.25) is 0 Å². The number of rotatable bonds is 5. The van der Waals surface area contributed by atoms with Crippen molar-refractivity contribution in [1.82, 2.24) is 14.8 Å². The molecule has 0 spiro atoms. The Bertz CT molecular complexity index is 1370. The number of benzene rings is 2. The first kappa shape index (κ1) is 21.2. The highest BCUT2D eigenvalue weighted by Gasteiger charge is 2.33. The van der Waals surface area contributed by atoms with Crippen molar-refractivity contribution >= 4 is 33.3 Å². The van der Waals surface area contributed by atoms with Gasteiger partial charge in [0.25, 0.3) is 0 Å². The maximum Gasteiger partial charge on any atom is 0.226 e. The van der Waals surface area contributed by atoms with Crippen LogP contribution in [0.15, 0.2) is 42.5 Å². The molecule has 1 fully saturated rings. The Labute approximate surface area is 201 Å². The SMILES string of the molecule is COc1ccc2nc(-n3nc(C)c4c3NC(=O)C[C@@H]4c3ccc(OC4CCCC4)cc3)sc2c1. The van der Waals surface area contributed by atoms with Crippen LogP contribution < -0.4 is 14.8 Å². The zero-order chi connectivity index (χ0) is 23.2. The largest absolute Gasteiger partial charge is 0.497 e. The van der Waals surface area contributed by atoms with Gasteiger partial charge in [-0.3, -0.25) is 4.79 Å². The summed E-state index contributed by atoms with van der Waals surface area (Å²) >= 11 is 1.52. The summed E-state index contributed by atoms with van der Waals surface area (Å²) < 4.78 is 14.2. The average molecular weight is 475 g/mol. The van der Waals surface area contributed by atoms with Crippen LogP contribution in [0.3, 0.4) is 0 Å². The Kier molecular flexibility index (Phi) is 5.25. The molecule has 0 bridgehead atoms. The standard InChI is InChI=1S/C26H26N4O3S/c1-15-24-20(16-7-9-18(10-8-16)33-17-5-3-4-6-17)14-23(31)28-25(24)30(29-15)26-27-21-12-11-19(32-2)13-22(21)34-26/h7-13,17,20H,3-6,14H2,1-2H3,(H,28,31)/t20-/m1/s1. The summed E-state index contributed by atoms with van der Waals surface area (Å²) in [4.78, 5) is 17.5. The van der Waals surface area contributed by atoms with Gasteiger partial charge < -0.3 is 14.8 Å². The zero-order valence-electron chi connectivity index (χ0n) is 19.2. The predicted molar refractivity (Wildman–Crippen MR) is 132 cm³/mol. The van der Waals surface area contributed by atoms with Crippen molar-refractivity contribution in [3.63, 3.8) is 0 Å². The monoisotopic (exact) mass is 474 g/mol. The maximum absolute atomic E-state index is 12.7. The van der Waals surface area contributed by atoms with Crippen molar-refractivity contribution in [2.75, 3.05) is 12.4 Å². The van der Waals surface area contributed by atoms with E-state index in [0.29, 0.717) is 23.5 Å². The molecule has 4 aromatic rings. The molecule has 6 rings (SSSR count). The molecule has 34 heavy (non-hydrogen) atoms. The first-order valence-corrected chi connectivity index (χ1v) is 12.5. The third-order valence-corrected chi connectivity index (χ3v) is 7.75. The van der Waals surface area contributed by atoms with E-state index < -0.39 is 0 Å². The van der Waals surface area contributed by atoms with Crippen molar-refractivity contribution in [3.05, 3.63) is 59.3 Å². The number of hydrogen-bond acceptors (Lipinski definition) is 6. The number of fused-ring (bicyclic) bond motifs is 2. The summed E-state index contributed by atoms with van der Waals surface area (Å²) in [5.41, 5.74) is 3.90. The van der Waals surface area contributed by atoms with Gasteiger partial charge in [0.15, 0.2) is 0 Å². The van der Waals surface area contributed by atoms with Crippen LogP contribution in [0.1, 0.15) is 54.8 Å². The number of amides is 1. The van der Waals surface area contributed by atoms with E-state index in [2.05, 4.69) is 17.4 Å². The molecule has 3 heterocycles. The quantitative estimate of drug-likeness (QED) is 0.408. The summed E-state index contributed by atoms with van der Waals surface area (Å²) in [6.07, 6.45) is 5.46. The average Bonchev–Trinajstić information content (AvgIpc) is 3.57. The number of methoxy groups -OCH3 is 1. The second-order valence-electron chi connectivity index (χ2n) is 8.99. The minimum Gasteiger partial charge on any atom is -0.497 e. The van der Waals surface area contributed by atoms with E-state index in [9.17, 15) is 4.79 Å². The fourth-order valence-corrected chi connectivity index (χ4v) is 6.01. The van der Waals surface area contributed by atoms with E-state index in [4.69, 9.17) is 19.6 Å². The van der Waals surface area contributed by atoms with Crippen LogP contribution in [0.5, 0.6) is 11.5 Å². The van der Waals surface area contributed by atoms with E-state index in [1.807, 2.05) is 37.3 Å². The Morgan fingerprint density at radius 1 is 1.09 bits per heavy atom. The number of ether oxygens (including phenoxy) is 2. The first-order valence-electron chi connectivity index (χ1n) is 11.7. The molecule has 1 atom stereocenters. The maximum atomic E-state index is 12.7. The molecule has 2 aromatic carbocycles. The number of thiazole rings is 1. The van der Waals surface area contributed by atoms with E-state index in [0.717, 1.165) is 51.4 Å². The number of hydrogen-bond donors (Lipinski definition) is 1. The zero-order valence-corrected chi connectivity index (χ0v) is 20.0. The minimum absolute atomic E-state index is 0.0206. The summed E-state index contributed by atoms with van der Waals surface area (Å²) in [6.45, 7) is 1.99. The molecule has 2 aromatic heterocycles. The molecule has 7 nitrogen and oxygen atoms in total. The van der Waals surface area contributed by atoms with Crippen molar-refractivity contribution < 1.29 is 14.3 Å². The molecule has 1 saturated carbocycles. The van der Waals surface area contributed by atoms with Crippen molar-refractivity contribution in [3.8, 4) is 16.6 Å². The normalized spacial score (nSPS) is 18.2. The van der Waals surface area contributed by atoms with Gasteiger partial charge in [0.1, 0.15) is 17.3 Å². The lowest BCUT2D eigenvalue weighted by Crippen LogP contribution is -2.24. The number of carbonyl (C=O) groups excluding carboxylic acids is 1. The third kappa shape index (κ3) is 3.72. The summed E-state index contributed by atoms with van der Waals surface area (Å²) in [5.74, 6) is 2.31. The molecule has 1 amide bonds. The number of carbonyl (C=O) groups is 1. The van der Waals surface area contributed by atoms with Gasteiger partial charge in [-0.1, -0.05) is 23.5 Å². The van der Waals surface area contributed by atoms with E-state index in [1.54, 1.807) is 11.8 Å². The molecule has 0 saturated heterocycles. The van der Waals surface area contributed by atoms with Crippen LogP contribution in [0.4, 0.5) is 5.82 Å². The van der Waals surface area contributed by atoms with Crippen molar-refractivity contribution in [2.45, 2.75) is 51.0 Å². The fraction of sp³-hybridized carbons (Fsp3) is 0.346. The van der Waals surface area contributed by atoms with Crippen LogP contribution in [0, 0.1) is 6.92 Å². The fourth-order valence-electron chi connectivity index (χ4n) is 5.06. The number of aromatic nitrogens is 3. The number of nitrogens with one attached hydrogen (secondary N) is 1. The Morgan fingerprint density at radius 2 is 1.85 bits per heavy atom. The second-order valence-corrected chi connectivity index (χ2v) is 10.00. The summed E-state index contributed by atoms with van der Waals surface area (Å²) in [6, 6.07) is 14.0. The topological polar surface area (TPSA) is 78.3 Å². The van der Waals surface area contributed by atoms with Gasteiger partial charge in [0.2, 0.25) is 11.0 Å². The van der Waals surface area contributed by atoms with Crippen molar-refractivity contribution in [1.29, 1.82) is 0 Å². The van der Waals surface area contributed by atoms with Gasteiger partial charge in [0, 0.05) is 17.9 Å². The van der Waals surface area contributed by atoms with E-state index in [1.165, 1.54) is 24.2 Å². The first-order chi connectivity index (χ1) is 16.6. The Hall–Kier alpha value is -3.39. The van der Waals surface area contributed by atoms with Crippen LogP contribution in [0.25, 0.3) is 15.3 Å². The molecule has 0 radical (unpaired) electrons. The van der Waals surface area contributed by atoms with Crippen molar-refractivity contribution in [2.24, 2.45) is 0 Å². The molecule has 0 unspecified atom stereocenters. The highest BCUT2D eigenvalue weighted by Crippen LogP contribution is 2.41. The number of anilines is 1. The molecular weight excluding hydrogens is 448 g/mol.